The number of halogens is 3. The van der Waals surface area contributed by atoms with Crippen LogP contribution in [0.3, 0.4) is 0 Å². The van der Waals surface area contributed by atoms with E-state index in [4.69, 9.17) is 4.74 Å². The number of aromatic nitrogens is 1. The molecule has 1 unspecified atom stereocenters. The molecule has 1 saturated heterocycles. The Bertz CT molecular complexity index is 428. The van der Waals surface area contributed by atoms with Gasteiger partial charge in [0.15, 0.2) is 5.69 Å². The standard InChI is InChI=1S/C13H19F3N2OS/c1-2-5-17-7-10-11(13(14,15)16)18-12(20-10)9-4-3-6-19-8-9/h9,17H,2-8H2,1H3. The fourth-order valence-electron chi connectivity index (χ4n) is 2.20. The fraction of sp³-hybridized carbons (Fsp3) is 0.769. The molecule has 1 N–H and O–H groups in total. The summed E-state index contributed by atoms with van der Waals surface area (Å²) in [6, 6.07) is 0. The molecule has 0 bridgehead atoms. The van der Waals surface area contributed by atoms with E-state index in [1.165, 1.54) is 11.3 Å². The van der Waals surface area contributed by atoms with Crippen molar-refractivity contribution in [1.29, 1.82) is 0 Å². The Morgan fingerprint density at radius 3 is 2.85 bits per heavy atom. The summed E-state index contributed by atoms with van der Waals surface area (Å²) in [5.74, 6) is 0.00905. The van der Waals surface area contributed by atoms with Crippen LogP contribution in [0.4, 0.5) is 13.2 Å². The van der Waals surface area contributed by atoms with Crippen LogP contribution in [0, 0.1) is 0 Å². The lowest BCUT2D eigenvalue weighted by Crippen LogP contribution is -2.17. The molecule has 20 heavy (non-hydrogen) atoms. The summed E-state index contributed by atoms with van der Waals surface area (Å²) < 4.78 is 44.4. The normalized spacial score (nSPS) is 20.3. The van der Waals surface area contributed by atoms with E-state index in [9.17, 15) is 13.2 Å². The molecule has 7 heteroatoms. The number of nitrogens with zero attached hydrogens (tertiary/aromatic N) is 1. The van der Waals surface area contributed by atoms with E-state index in [-0.39, 0.29) is 17.3 Å². The van der Waals surface area contributed by atoms with E-state index in [0.717, 1.165) is 19.3 Å². The quantitative estimate of drug-likeness (QED) is 0.845. The Morgan fingerprint density at radius 2 is 2.25 bits per heavy atom. The largest absolute Gasteiger partial charge is 0.434 e. The summed E-state index contributed by atoms with van der Waals surface area (Å²) in [5, 5.41) is 3.58. The SMILES string of the molecule is CCCNCc1sc(C2CCCOC2)nc1C(F)(F)F. The number of hydrogen-bond acceptors (Lipinski definition) is 4. The minimum absolute atomic E-state index is 0.00905. The first kappa shape index (κ1) is 15.7. The smallest absolute Gasteiger partial charge is 0.381 e. The van der Waals surface area contributed by atoms with Crippen LogP contribution in [0.25, 0.3) is 0 Å². The van der Waals surface area contributed by atoms with Crippen LogP contribution in [-0.4, -0.2) is 24.7 Å². The monoisotopic (exact) mass is 308 g/mol. The van der Waals surface area contributed by atoms with Gasteiger partial charge in [-0.3, -0.25) is 0 Å². The summed E-state index contributed by atoms with van der Waals surface area (Å²) in [5.41, 5.74) is -0.730. The Hall–Kier alpha value is -0.660. The van der Waals surface area contributed by atoms with Crippen molar-refractivity contribution in [1.82, 2.24) is 10.3 Å². The van der Waals surface area contributed by atoms with Gasteiger partial charge in [-0.25, -0.2) is 4.98 Å². The molecule has 0 amide bonds. The number of rotatable bonds is 5. The first-order valence-corrected chi connectivity index (χ1v) is 7.69. The van der Waals surface area contributed by atoms with Gasteiger partial charge in [0.2, 0.25) is 0 Å². The minimum Gasteiger partial charge on any atom is -0.381 e. The third-order valence-electron chi connectivity index (χ3n) is 3.20. The maximum Gasteiger partial charge on any atom is 0.434 e. The maximum atomic E-state index is 13.0. The van der Waals surface area contributed by atoms with Crippen LogP contribution in [-0.2, 0) is 17.5 Å². The molecular formula is C13H19F3N2OS. The zero-order valence-corrected chi connectivity index (χ0v) is 12.2. The van der Waals surface area contributed by atoms with E-state index in [0.29, 0.717) is 24.8 Å². The van der Waals surface area contributed by atoms with Crippen LogP contribution in [0.1, 0.15) is 47.7 Å². The Labute approximate surface area is 120 Å². The highest BCUT2D eigenvalue weighted by Gasteiger charge is 2.38. The lowest BCUT2D eigenvalue weighted by molar-refractivity contribution is -0.141. The highest BCUT2D eigenvalue weighted by atomic mass is 32.1. The van der Waals surface area contributed by atoms with Gasteiger partial charge in [-0.1, -0.05) is 6.92 Å². The summed E-state index contributed by atoms with van der Waals surface area (Å²) >= 11 is 1.17. The number of alkyl halides is 3. The van der Waals surface area contributed by atoms with Crippen molar-refractivity contribution in [2.75, 3.05) is 19.8 Å². The van der Waals surface area contributed by atoms with Crippen LogP contribution in [0.5, 0.6) is 0 Å². The average molecular weight is 308 g/mol. The molecule has 2 rings (SSSR count). The molecular weight excluding hydrogens is 289 g/mol. The van der Waals surface area contributed by atoms with Crippen LogP contribution in [0.2, 0.25) is 0 Å². The van der Waals surface area contributed by atoms with Crippen molar-refractivity contribution in [2.24, 2.45) is 0 Å². The molecule has 1 aliphatic rings. The molecule has 1 aliphatic heterocycles. The molecule has 114 valence electrons. The van der Waals surface area contributed by atoms with Gasteiger partial charge in [0.1, 0.15) is 0 Å². The Balaban J connectivity index is 2.17. The summed E-state index contributed by atoms with van der Waals surface area (Å²) in [7, 11) is 0. The third kappa shape index (κ3) is 3.93. The van der Waals surface area contributed by atoms with Gasteiger partial charge in [-0.05, 0) is 25.8 Å². The minimum atomic E-state index is -4.38. The van der Waals surface area contributed by atoms with E-state index in [2.05, 4.69) is 10.3 Å². The molecule has 1 aromatic heterocycles. The molecule has 1 aromatic rings. The van der Waals surface area contributed by atoms with Crippen molar-refractivity contribution in [3.8, 4) is 0 Å². The van der Waals surface area contributed by atoms with Gasteiger partial charge in [-0.15, -0.1) is 11.3 Å². The highest BCUT2D eigenvalue weighted by molar-refractivity contribution is 7.11. The lowest BCUT2D eigenvalue weighted by Gasteiger charge is -2.19. The second kappa shape index (κ2) is 6.87. The molecule has 1 fully saturated rings. The average Bonchev–Trinajstić information content (AvgIpc) is 2.84. The van der Waals surface area contributed by atoms with Crippen molar-refractivity contribution in [2.45, 2.75) is 44.8 Å². The first-order chi connectivity index (χ1) is 9.52. The summed E-state index contributed by atoms with van der Waals surface area (Å²) in [4.78, 5) is 4.14. The second-order valence-electron chi connectivity index (χ2n) is 4.91. The van der Waals surface area contributed by atoms with Crippen LogP contribution >= 0.6 is 11.3 Å². The molecule has 0 aromatic carbocycles. The summed E-state index contributed by atoms with van der Waals surface area (Å²) in [6.45, 7) is 4.09. The molecule has 3 nitrogen and oxygen atoms in total. The van der Waals surface area contributed by atoms with Gasteiger partial charge in [0.25, 0.3) is 0 Å². The topological polar surface area (TPSA) is 34.1 Å². The molecule has 2 heterocycles. The number of thiazole rings is 1. The van der Waals surface area contributed by atoms with Crippen molar-refractivity contribution < 1.29 is 17.9 Å². The zero-order valence-electron chi connectivity index (χ0n) is 11.4. The van der Waals surface area contributed by atoms with E-state index in [1.807, 2.05) is 6.92 Å². The van der Waals surface area contributed by atoms with Crippen molar-refractivity contribution in [3.05, 3.63) is 15.6 Å². The van der Waals surface area contributed by atoms with Gasteiger partial charge < -0.3 is 10.1 Å². The van der Waals surface area contributed by atoms with Crippen molar-refractivity contribution in [3.63, 3.8) is 0 Å². The molecule has 0 spiro atoms. The molecule has 0 aliphatic carbocycles. The maximum absolute atomic E-state index is 13.0. The van der Waals surface area contributed by atoms with Gasteiger partial charge in [-0.2, -0.15) is 13.2 Å². The second-order valence-corrected chi connectivity index (χ2v) is 6.03. The number of ether oxygens (including phenoxy) is 1. The van der Waals surface area contributed by atoms with E-state index in [1.54, 1.807) is 0 Å². The van der Waals surface area contributed by atoms with E-state index >= 15 is 0 Å². The Morgan fingerprint density at radius 1 is 1.45 bits per heavy atom. The third-order valence-corrected chi connectivity index (χ3v) is 4.42. The molecule has 0 saturated carbocycles. The summed E-state index contributed by atoms with van der Waals surface area (Å²) in [6.07, 6.45) is -1.75. The van der Waals surface area contributed by atoms with Gasteiger partial charge >= 0.3 is 6.18 Å². The van der Waals surface area contributed by atoms with E-state index < -0.39 is 11.9 Å². The zero-order chi connectivity index (χ0) is 14.6. The fourth-order valence-corrected chi connectivity index (χ4v) is 3.37. The van der Waals surface area contributed by atoms with Crippen molar-refractivity contribution >= 4 is 11.3 Å². The first-order valence-electron chi connectivity index (χ1n) is 6.87. The van der Waals surface area contributed by atoms with Crippen LogP contribution in [0.15, 0.2) is 0 Å². The number of hydrogen-bond donors (Lipinski definition) is 1. The molecule has 0 radical (unpaired) electrons. The highest BCUT2D eigenvalue weighted by Crippen LogP contribution is 2.38. The molecule has 1 atom stereocenters. The van der Waals surface area contributed by atoms with Gasteiger partial charge in [0, 0.05) is 19.1 Å². The van der Waals surface area contributed by atoms with Gasteiger partial charge in [0.05, 0.1) is 16.5 Å². The number of nitrogens with one attached hydrogen (secondary N) is 1. The lowest BCUT2D eigenvalue weighted by atomic mass is 10.0. The predicted octanol–water partition coefficient (Wildman–Crippen LogP) is 3.56. The van der Waals surface area contributed by atoms with Crippen LogP contribution < -0.4 is 5.32 Å². The predicted molar refractivity (Wildman–Crippen MR) is 71.9 cm³/mol. The Kier molecular flexibility index (Phi) is 5.40.